The van der Waals surface area contributed by atoms with Crippen LogP contribution in [0.1, 0.15) is 27.1 Å². The Morgan fingerprint density at radius 1 is 1.15 bits per heavy atom. The molecule has 1 unspecified atom stereocenters. The molecule has 2 N–H and O–H groups in total. The van der Waals surface area contributed by atoms with Crippen molar-refractivity contribution in [2.24, 2.45) is 0 Å². The van der Waals surface area contributed by atoms with E-state index in [1.807, 2.05) is 0 Å². The van der Waals surface area contributed by atoms with Crippen LogP contribution >= 0.6 is 0 Å². The standard InChI is InChI=1S/C19H14O8/c1-25-18-7-12(20)27-19(18)16(23)13-11(15(22)17(19,24)8-26-18)6-9-4-2-3-5-10(9)14(13)21/h2-6,21,24H,7-8H2,1H3/t17?,18-,19-/m0/s1. The van der Waals surface area contributed by atoms with Crippen molar-refractivity contribution in [3.05, 3.63) is 41.5 Å². The van der Waals surface area contributed by atoms with Crippen molar-refractivity contribution in [1.29, 1.82) is 0 Å². The van der Waals surface area contributed by atoms with Crippen molar-refractivity contribution < 1.29 is 38.8 Å². The summed E-state index contributed by atoms with van der Waals surface area (Å²) in [6, 6.07) is 8.08. The van der Waals surface area contributed by atoms with Crippen LogP contribution in [0.15, 0.2) is 30.3 Å². The number of esters is 1. The quantitative estimate of drug-likeness (QED) is 0.705. The van der Waals surface area contributed by atoms with Crippen LogP contribution in [0.5, 0.6) is 5.75 Å². The van der Waals surface area contributed by atoms with Crippen molar-refractivity contribution in [3.8, 4) is 5.75 Å². The number of aromatic hydroxyl groups is 1. The van der Waals surface area contributed by atoms with Crippen molar-refractivity contribution in [3.63, 3.8) is 0 Å². The van der Waals surface area contributed by atoms with Gasteiger partial charge in [0.25, 0.3) is 5.60 Å². The third kappa shape index (κ3) is 1.54. The number of phenols is 1. The smallest absolute Gasteiger partial charge is 0.312 e. The first-order valence-electron chi connectivity index (χ1n) is 8.29. The lowest BCUT2D eigenvalue weighted by Gasteiger charge is -2.43. The van der Waals surface area contributed by atoms with Crippen molar-refractivity contribution in [2.45, 2.75) is 23.4 Å². The molecule has 2 heterocycles. The lowest BCUT2D eigenvalue weighted by Crippen LogP contribution is -2.71. The number of ether oxygens (including phenoxy) is 3. The largest absolute Gasteiger partial charge is 0.507 e. The fourth-order valence-electron chi connectivity index (χ4n) is 4.52. The summed E-state index contributed by atoms with van der Waals surface area (Å²) in [6.07, 6.45) is -0.464. The Morgan fingerprint density at radius 3 is 2.63 bits per heavy atom. The van der Waals surface area contributed by atoms with Gasteiger partial charge < -0.3 is 24.4 Å². The highest BCUT2D eigenvalue weighted by Gasteiger charge is 2.84. The number of carbonyl (C=O) groups is 3. The molecule has 5 rings (SSSR count). The van der Waals surface area contributed by atoms with Gasteiger partial charge in [0, 0.05) is 18.1 Å². The average molecular weight is 370 g/mol. The van der Waals surface area contributed by atoms with Gasteiger partial charge in [-0.1, -0.05) is 24.3 Å². The number of Topliss-reactive ketones (excluding diaryl/α,β-unsaturated/α-hetero) is 2. The Balaban J connectivity index is 1.89. The number of carbonyl (C=O) groups excluding carboxylic acids is 3. The number of hydrogen-bond acceptors (Lipinski definition) is 8. The average Bonchev–Trinajstić information content (AvgIpc) is 3.10. The van der Waals surface area contributed by atoms with E-state index in [0.29, 0.717) is 10.8 Å². The molecule has 2 aromatic rings. The minimum Gasteiger partial charge on any atom is -0.507 e. The highest BCUT2D eigenvalue weighted by Crippen LogP contribution is 2.58. The van der Waals surface area contributed by atoms with Crippen LogP contribution in [0.25, 0.3) is 10.8 Å². The van der Waals surface area contributed by atoms with E-state index in [2.05, 4.69) is 0 Å². The van der Waals surface area contributed by atoms with Crippen LogP contribution < -0.4 is 0 Å². The Morgan fingerprint density at radius 2 is 1.89 bits per heavy atom. The zero-order valence-electron chi connectivity index (χ0n) is 14.1. The predicted molar refractivity (Wildman–Crippen MR) is 88.4 cm³/mol. The molecule has 3 aliphatic rings. The molecule has 2 aromatic carbocycles. The lowest BCUT2D eigenvalue weighted by atomic mass is 9.65. The van der Waals surface area contributed by atoms with Crippen LogP contribution in [-0.4, -0.2) is 58.5 Å². The van der Waals surface area contributed by atoms with Gasteiger partial charge in [-0.05, 0) is 11.5 Å². The molecule has 138 valence electrons. The number of aliphatic hydroxyl groups is 1. The van der Waals surface area contributed by atoms with Gasteiger partial charge in [-0.3, -0.25) is 14.4 Å². The summed E-state index contributed by atoms with van der Waals surface area (Å²) in [5.41, 5.74) is -5.32. The Bertz CT molecular complexity index is 1070. The third-order valence-electron chi connectivity index (χ3n) is 5.80. The molecule has 0 amide bonds. The van der Waals surface area contributed by atoms with E-state index < -0.39 is 53.3 Å². The van der Waals surface area contributed by atoms with Gasteiger partial charge in [0.1, 0.15) is 12.2 Å². The summed E-state index contributed by atoms with van der Waals surface area (Å²) in [5, 5.41) is 22.8. The van der Waals surface area contributed by atoms with Crippen molar-refractivity contribution >= 4 is 28.3 Å². The number of rotatable bonds is 1. The highest BCUT2D eigenvalue weighted by atomic mass is 16.8. The first-order valence-corrected chi connectivity index (χ1v) is 8.29. The molecule has 0 aromatic heterocycles. The minimum atomic E-state index is -2.45. The molecule has 1 spiro atoms. The second-order valence-electron chi connectivity index (χ2n) is 6.97. The normalized spacial score (nSPS) is 34.4. The van der Waals surface area contributed by atoms with E-state index in [0.717, 1.165) is 0 Å². The second kappa shape index (κ2) is 4.72. The molecule has 3 atom stereocenters. The fraction of sp³-hybridized carbons (Fsp3) is 0.316. The SMILES string of the molecule is CO[C@]12CC(=O)O[C@]13C(=O)c1c(cc4ccccc4c1O)C(=O)C3(O)CO2. The first-order chi connectivity index (χ1) is 12.8. The van der Waals surface area contributed by atoms with Gasteiger partial charge in [-0.15, -0.1) is 0 Å². The molecule has 8 nitrogen and oxygen atoms in total. The molecule has 2 saturated heterocycles. The second-order valence-corrected chi connectivity index (χ2v) is 6.97. The third-order valence-corrected chi connectivity index (χ3v) is 5.80. The van der Waals surface area contributed by atoms with E-state index in [1.54, 1.807) is 24.3 Å². The summed E-state index contributed by atoms with van der Waals surface area (Å²) in [4.78, 5) is 38.8. The van der Waals surface area contributed by atoms with Crippen molar-refractivity contribution in [2.75, 3.05) is 13.7 Å². The molecule has 8 heteroatoms. The molecule has 2 fully saturated rings. The highest BCUT2D eigenvalue weighted by molar-refractivity contribution is 6.27. The fourth-order valence-corrected chi connectivity index (χ4v) is 4.52. The predicted octanol–water partition coefficient (Wildman–Crippen LogP) is 0.714. The molecule has 1 aliphatic carbocycles. The molecule has 0 saturated carbocycles. The molecular formula is C19H14O8. The maximum atomic E-state index is 13.5. The van der Waals surface area contributed by atoms with Gasteiger partial charge in [0.15, 0.2) is 0 Å². The van der Waals surface area contributed by atoms with Gasteiger partial charge in [0.2, 0.25) is 23.0 Å². The number of hydrogen-bond donors (Lipinski definition) is 2. The van der Waals surface area contributed by atoms with Crippen molar-refractivity contribution in [1.82, 2.24) is 0 Å². The van der Waals surface area contributed by atoms with E-state index in [4.69, 9.17) is 14.2 Å². The zero-order chi connectivity index (χ0) is 19.2. The van der Waals surface area contributed by atoms with E-state index in [1.165, 1.54) is 13.2 Å². The summed E-state index contributed by atoms with van der Waals surface area (Å²) < 4.78 is 16.1. The maximum absolute atomic E-state index is 13.5. The molecule has 2 aliphatic heterocycles. The maximum Gasteiger partial charge on any atom is 0.312 e. The van der Waals surface area contributed by atoms with Crippen LogP contribution in [-0.2, 0) is 19.0 Å². The molecule has 0 radical (unpaired) electrons. The van der Waals surface area contributed by atoms with Crippen LogP contribution in [0, 0.1) is 0 Å². The topological polar surface area (TPSA) is 119 Å². The number of benzene rings is 2. The number of methoxy groups -OCH3 is 1. The van der Waals surface area contributed by atoms with Gasteiger partial charge in [-0.25, -0.2) is 0 Å². The van der Waals surface area contributed by atoms with Crippen LogP contribution in [0.2, 0.25) is 0 Å². The Hall–Kier alpha value is -2.81. The van der Waals surface area contributed by atoms with E-state index in [-0.39, 0.29) is 11.1 Å². The minimum absolute atomic E-state index is 0.150. The number of fused-ring (bicyclic) bond motifs is 2. The van der Waals surface area contributed by atoms with E-state index >= 15 is 0 Å². The molecule has 0 bridgehead atoms. The Labute approximate surface area is 152 Å². The van der Waals surface area contributed by atoms with Gasteiger partial charge >= 0.3 is 5.97 Å². The summed E-state index contributed by atoms with van der Waals surface area (Å²) in [5.74, 6) is -5.00. The van der Waals surface area contributed by atoms with E-state index in [9.17, 15) is 24.6 Å². The Kier molecular flexibility index (Phi) is 2.86. The lowest BCUT2D eigenvalue weighted by molar-refractivity contribution is -0.231. The monoisotopic (exact) mass is 370 g/mol. The van der Waals surface area contributed by atoms with Crippen LogP contribution in [0.3, 0.4) is 0 Å². The zero-order valence-corrected chi connectivity index (χ0v) is 14.1. The first kappa shape index (κ1) is 16.4. The number of ketones is 2. The van der Waals surface area contributed by atoms with Crippen LogP contribution in [0.4, 0.5) is 0 Å². The number of phenolic OH excluding ortho intramolecular Hbond substituents is 1. The summed E-state index contributed by atoms with van der Waals surface area (Å²) in [6.45, 7) is -0.578. The molecular weight excluding hydrogens is 356 g/mol. The van der Waals surface area contributed by atoms with Gasteiger partial charge in [-0.2, -0.15) is 0 Å². The summed E-state index contributed by atoms with van der Waals surface area (Å²) in [7, 11) is 1.20. The van der Waals surface area contributed by atoms with Gasteiger partial charge in [0.05, 0.1) is 12.2 Å². The molecule has 27 heavy (non-hydrogen) atoms. The summed E-state index contributed by atoms with van der Waals surface area (Å²) >= 11 is 0.